The van der Waals surface area contributed by atoms with Crippen molar-refractivity contribution in [1.82, 2.24) is 18.9 Å². The molecule has 2 heterocycles. The number of carbonyl (C=O) groups excluding carboxylic acids is 1. The quantitative estimate of drug-likeness (QED) is 0.520. The first-order valence-electron chi connectivity index (χ1n) is 10.7. The number of amides is 1. The predicted octanol–water partition coefficient (Wildman–Crippen LogP) is 3.58. The Bertz CT molecular complexity index is 1340. The summed E-state index contributed by atoms with van der Waals surface area (Å²) in [6.07, 6.45) is 5.10. The van der Waals surface area contributed by atoms with Gasteiger partial charge in [-0.2, -0.15) is 5.10 Å². The molecule has 5 rings (SSSR count). The van der Waals surface area contributed by atoms with Crippen LogP contribution in [0.2, 0.25) is 0 Å². The van der Waals surface area contributed by atoms with Crippen molar-refractivity contribution in [3.63, 3.8) is 0 Å². The van der Waals surface area contributed by atoms with Gasteiger partial charge in [-0.15, -0.1) is 0 Å². The van der Waals surface area contributed by atoms with Crippen molar-refractivity contribution in [1.29, 1.82) is 0 Å². The highest BCUT2D eigenvalue weighted by molar-refractivity contribution is 6.04. The van der Waals surface area contributed by atoms with Gasteiger partial charge < -0.3 is 5.32 Å². The Kier molecular flexibility index (Phi) is 4.73. The lowest BCUT2D eigenvalue weighted by molar-refractivity contribution is 0.102. The molecule has 1 amide bonds. The molecule has 7 nitrogen and oxygen atoms in total. The Morgan fingerprint density at radius 2 is 1.68 bits per heavy atom. The molecule has 1 N–H and O–H groups in total. The third-order valence-electron chi connectivity index (χ3n) is 6.18. The number of hydrogen-bond acceptors (Lipinski definition) is 3. The van der Waals surface area contributed by atoms with Crippen LogP contribution in [0.5, 0.6) is 0 Å². The van der Waals surface area contributed by atoms with Crippen LogP contribution < -0.4 is 11.0 Å². The monoisotopic (exact) mass is 415 g/mol. The molecular formula is C24H25N5O2. The standard InChI is InChI=1S/C24H25N5O2/c1-27-20-14-13-16(15-21(20)28(2)24(27)31)25-23(30)22-18-11-7-4-8-12-19(18)29(26-22)17-9-5-3-6-10-17/h3,5-6,9-10,13-15H,4,7-8,11-12H2,1-2H3,(H,25,30). The van der Waals surface area contributed by atoms with Gasteiger partial charge in [0.25, 0.3) is 5.91 Å². The molecule has 1 aliphatic rings. The van der Waals surface area contributed by atoms with Crippen LogP contribution in [-0.2, 0) is 26.9 Å². The van der Waals surface area contributed by atoms with Crippen molar-refractivity contribution in [3.05, 3.63) is 76.0 Å². The molecule has 7 heteroatoms. The summed E-state index contributed by atoms with van der Waals surface area (Å²) >= 11 is 0. The van der Waals surface area contributed by atoms with E-state index in [0.717, 1.165) is 60.1 Å². The van der Waals surface area contributed by atoms with Crippen LogP contribution in [0.1, 0.15) is 41.0 Å². The molecule has 0 spiro atoms. The Hall–Kier alpha value is -3.61. The predicted molar refractivity (Wildman–Crippen MR) is 121 cm³/mol. The third kappa shape index (κ3) is 3.26. The highest BCUT2D eigenvalue weighted by Crippen LogP contribution is 2.27. The first-order valence-corrected chi connectivity index (χ1v) is 10.7. The van der Waals surface area contributed by atoms with E-state index in [9.17, 15) is 9.59 Å². The Balaban J connectivity index is 1.54. The molecule has 0 fully saturated rings. The summed E-state index contributed by atoms with van der Waals surface area (Å²) in [6, 6.07) is 15.5. The normalized spacial score (nSPS) is 13.7. The van der Waals surface area contributed by atoms with Crippen LogP contribution in [0.25, 0.3) is 16.7 Å². The first-order chi connectivity index (χ1) is 15.0. The van der Waals surface area contributed by atoms with E-state index >= 15 is 0 Å². The minimum Gasteiger partial charge on any atom is -0.321 e. The van der Waals surface area contributed by atoms with Crippen LogP contribution >= 0.6 is 0 Å². The second-order valence-corrected chi connectivity index (χ2v) is 8.14. The van der Waals surface area contributed by atoms with Gasteiger partial charge in [0.15, 0.2) is 5.69 Å². The van der Waals surface area contributed by atoms with Gasteiger partial charge in [-0.1, -0.05) is 24.6 Å². The SMILES string of the molecule is Cn1c(=O)n(C)c2cc(NC(=O)c3nn(-c4ccccc4)c4c3CCCCC4)ccc21. The molecule has 31 heavy (non-hydrogen) atoms. The van der Waals surface area contributed by atoms with E-state index in [4.69, 9.17) is 5.10 Å². The molecule has 0 unspecified atom stereocenters. The van der Waals surface area contributed by atoms with Crippen LogP contribution in [0.4, 0.5) is 5.69 Å². The zero-order valence-corrected chi connectivity index (χ0v) is 17.8. The minimum atomic E-state index is -0.215. The molecule has 0 bridgehead atoms. The van der Waals surface area contributed by atoms with E-state index in [-0.39, 0.29) is 11.6 Å². The van der Waals surface area contributed by atoms with Gasteiger partial charge in [0.1, 0.15) is 0 Å². The van der Waals surface area contributed by atoms with Crippen LogP contribution in [0.3, 0.4) is 0 Å². The van der Waals surface area contributed by atoms with Gasteiger partial charge in [0, 0.05) is 31.0 Å². The molecular weight excluding hydrogens is 390 g/mol. The lowest BCUT2D eigenvalue weighted by Gasteiger charge is -2.06. The molecule has 2 aromatic carbocycles. The number of imidazole rings is 1. The van der Waals surface area contributed by atoms with E-state index in [1.165, 1.54) is 0 Å². The van der Waals surface area contributed by atoms with Crippen molar-refractivity contribution < 1.29 is 4.79 Å². The molecule has 0 atom stereocenters. The number of fused-ring (bicyclic) bond motifs is 2. The largest absolute Gasteiger partial charge is 0.328 e. The summed E-state index contributed by atoms with van der Waals surface area (Å²) < 4.78 is 5.11. The second kappa shape index (κ2) is 7.58. The highest BCUT2D eigenvalue weighted by atomic mass is 16.2. The second-order valence-electron chi connectivity index (χ2n) is 8.14. The molecule has 2 aromatic heterocycles. The summed E-state index contributed by atoms with van der Waals surface area (Å²) in [4.78, 5) is 25.5. The van der Waals surface area contributed by atoms with E-state index in [2.05, 4.69) is 5.32 Å². The maximum absolute atomic E-state index is 13.3. The fourth-order valence-electron chi connectivity index (χ4n) is 4.52. The first kappa shape index (κ1) is 19.4. The average molecular weight is 415 g/mol. The molecule has 0 radical (unpaired) electrons. The number of nitrogens with zero attached hydrogens (tertiary/aromatic N) is 4. The van der Waals surface area contributed by atoms with Crippen molar-refractivity contribution >= 4 is 22.6 Å². The molecule has 4 aromatic rings. The van der Waals surface area contributed by atoms with Gasteiger partial charge in [-0.05, 0) is 56.0 Å². The van der Waals surface area contributed by atoms with E-state index in [0.29, 0.717) is 11.4 Å². The Morgan fingerprint density at radius 1 is 0.935 bits per heavy atom. The van der Waals surface area contributed by atoms with Crippen molar-refractivity contribution in [2.45, 2.75) is 32.1 Å². The number of hydrogen-bond donors (Lipinski definition) is 1. The summed E-state index contributed by atoms with van der Waals surface area (Å²) in [5.74, 6) is -0.215. The van der Waals surface area contributed by atoms with E-state index in [1.54, 1.807) is 23.2 Å². The lowest BCUT2D eigenvalue weighted by atomic mass is 10.1. The summed E-state index contributed by atoms with van der Waals surface area (Å²) in [7, 11) is 3.48. The fraction of sp³-hybridized carbons (Fsp3) is 0.292. The van der Waals surface area contributed by atoms with Gasteiger partial charge >= 0.3 is 5.69 Å². The van der Waals surface area contributed by atoms with E-state index < -0.39 is 0 Å². The summed E-state index contributed by atoms with van der Waals surface area (Å²) in [5.41, 5.74) is 5.80. The van der Waals surface area contributed by atoms with Crippen LogP contribution in [0.15, 0.2) is 53.3 Å². The Morgan fingerprint density at radius 3 is 2.48 bits per heavy atom. The van der Waals surface area contributed by atoms with E-state index in [1.807, 2.05) is 53.2 Å². The van der Waals surface area contributed by atoms with Gasteiger partial charge in [-0.3, -0.25) is 13.9 Å². The zero-order valence-electron chi connectivity index (χ0n) is 17.8. The number of benzene rings is 2. The van der Waals surface area contributed by atoms with Crippen LogP contribution in [-0.4, -0.2) is 24.8 Å². The number of carbonyl (C=O) groups is 1. The summed E-state index contributed by atoms with van der Waals surface area (Å²) in [6.45, 7) is 0. The van der Waals surface area contributed by atoms with Gasteiger partial charge in [-0.25, -0.2) is 9.48 Å². The number of aryl methyl sites for hydroxylation is 2. The van der Waals surface area contributed by atoms with Crippen molar-refractivity contribution in [2.24, 2.45) is 14.1 Å². The smallest absolute Gasteiger partial charge is 0.321 e. The lowest BCUT2D eigenvalue weighted by Crippen LogP contribution is -2.19. The maximum Gasteiger partial charge on any atom is 0.328 e. The number of nitrogens with one attached hydrogen (secondary N) is 1. The topological polar surface area (TPSA) is 73.8 Å². The van der Waals surface area contributed by atoms with Crippen molar-refractivity contribution in [2.75, 3.05) is 5.32 Å². The van der Waals surface area contributed by atoms with Gasteiger partial charge in [0.05, 0.1) is 16.7 Å². The Labute approximate surface area is 179 Å². The van der Waals surface area contributed by atoms with Gasteiger partial charge in [0.2, 0.25) is 0 Å². The number of para-hydroxylation sites is 1. The molecule has 158 valence electrons. The highest BCUT2D eigenvalue weighted by Gasteiger charge is 2.25. The number of anilines is 1. The summed E-state index contributed by atoms with van der Waals surface area (Å²) in [5, 5.41) is 7.75. The van der Waals surface area contributed by atoms with Crippen LogP contribution in [0, 0.1) is 0 Å². The maximum atomic E-state index is 13.3. The minimum absolute atomic E-state index is 0.0922. The molecule has 0 saturated heterocycles. The third-order valence-corrected chi connectivity index (χ3v) is 6.18. The number of aromatic nitrogens is 4. The molecule has 0 aliphatic heterocycles. The zero-order chi connectivity index (χ0) is 21.5. The average Bonchev–Trinajstić information content (AvgIpc) is 3.12. The molecule has 1 aliphatic carbocycles. The number of rotatable bonds is 3. The fourth-order valence-corrected chi connectivity index (χ4v) is 4.52. The molecule has 0 saturated carbocycles. The van der Waals surface area contributed by atoms with Crippen molar-refractivity contribution in [3.8, 4) is 5.69 Å².